The Morgan fingerprint density at radius 2 is 1.94 bits per heavy atom. The van der Waals surface area contributed by atoms with Crippen molar-refractivity contribution >= 4 is 0 Å². The summed E-state index contributed by atoms with van der Waals surface area (Å²) < 4.78 is 27.3. The van der Waals surface area contributed by atoms with Gasteiger partial charge in [0.1, 0.15) is 11.6 Å². The van der Waals surface area contributed by atoms with E-state index in [2.05, 4.69) is 4.90 Å². The molecule has 2 N–H and O–H groups in total. The highest BCUT2D eigenvalue weighted by Crippen LogP contribution is 2.23. The predicted octanol–water partition coefficient (Wildman–Crippen LogP) is 2.67. The summed E-state index contributed by atoms with van der Waals surface area (Å²) in [5.74, 6) is -0.904. The second-order valence-corrected chi connectivity index (χ2v) is 4.90. The maximum Gasteiger partial charge on any atom is 0.130 e. The molecule has 4 heteroatoms. The molecule has 1 aromatic rings. The van der Waals surface area contributed by atoms with Gasteiger partial charge in [0.2, 0.25) is 0 Å². The van der Waals surface area contributed by atoms with Crippen LogP contribution in [0.15, 0.2) is 18.2 Å². The van der Waals surface area contributed by atoms with Crippen LogP contribution in [0, 0.1) is 11.6 Å². The summed E-state index contributed by atoms with van der Waals surface area (Å²) in [6, 6.07) is 4.41. The predicted molar refractivity (Wildman–Crippen MR) is 68.1 cm³/mol. The van der Waals surface area contributed by atoms with Gasteiger partial charge in [-0.05, 0) is 44.5 Å². The van der Waals surface area contributed by atoms with Crippen molar-refractivity contribution in [3.63, 3.8) is 0 Å². The average Bonchev–Trinajstić information content (AvgIpc) is 2.36. The number of benzene rings is 1. The fourth-order valence-electron chi connectivity index (χ4n) is 2.67. The largest absolute Gasteiger partial charge is 0.330 e. The molecule has 1 aliphatic heterocycles. The minimum atomic E-state index is -0.452. The van der Waals surface area contributed by atoms with Crippen LogP contribution >= 0.6 is 0 Å². The minimum Gasteiger partial charge on any atom is -0.330 e. The smallest absolute Gasteiger partial charge is 0.130 e. The van der Waals surface area contributed by atoms with Crippen molar-refractivity contribution in [3.05, 3.63) is 35.4 Å². The molecule has 0 amide bonds. The Kier molecular flexibility index (Phi) is 4.66. The second kappa shape index (κ2) is 6.25. The third kappa shape index (κ3) is 3.06. The van der Waals surface area contributed by atoms with Gasteiger partial charge in [-0.2, -0.15) is 0 Å². The van der Waals surface area contributed by atoms with Gasteiger partial charge in [-0.3, -0.25) is 4.90 Å². The summed E-state index contributed by atoms with van der Waals surface area (Å²) in [5, 5.41) is 0. The van der Waals surface area contributed by atoms with E-state index in [1.807, 2.05) is 0 Å². The molecule has 0 aromatic heterocycles. The Balaban J connectivity index is 2.11. The summed E-state index contributed by atoms with van der Waals surface area (Å²) in [6.45, 7) is 1.88. The SMILES string of the molecule is NCCC1CCCCN1Cc1c(F)cccc1F. The van der Waals surface area contributed by atoms with Gasteiger partial charge in [0.15, 0.2) is 0 Å². The van der Waals surface area contributed by atoms with Crippen LogP contribution in [0.4, 0.5) is 8.78 Å². The molecular weight excluding hydrogens is 234 g/mol. The maximum atomic E-state index is 13.6. The van der Waals surface area contributed by atoms with E-state index in [4.69, 9.17) is 5.73 Å². The summed E-state index contributed by atoms with van der Waals surface area (Å²) >= 11 is 0. The molecule has 0 bridgehead atoms. The van der Waals surface area contributed by atoms with Gasteiger partial charge in [-0.1, -0.05) is 12.5 Å². The Morgan fingerprint density at radius 3 is 2.61 bits per heavy atom. The number of rotatable bonds is 4. The fraction of sp³-hybridized carbons (Fsp3) is 0.571. The number of piperidine rings is 1. The van der Waals surface area contributed by atoms with Crippen molar-refractivity contribution in [2.45, 2.75) is 38.3 Å². The molecule has 1 atom stereocenters. The molecule has 1 aliphatic rings. The molecule has 0 aliphatic carbocycles. The van der Waals surface area contributed by atoms with Crippen LogP contribution in [0.2, 0.25) is 0 Å². The van der Waals surface area contributed by atoms with Crippen LogP contribution in [-0.4, -0.2) is 24.0 Å². The molecule has 1 unspecified atom stereocenters. The highest BCUT2D eigenvalue weighted by Gasteiger charge is 2.23. The third-order valence-electron chi connectivity index (χ3n) is 3.67. The van der Waals surface area contributed by atoms with E-state index in [0.29, 0.717) is 19.1 Å². The van der Waals surface area contributed by atoms with E-state index in [9.17, 15) is 8.78 Å². The number of hydrogen-bond acceptors (Lipinski definition) is 2. The molecule has 2 rings (SSSR count). The second-order valence-electron chi connectivity index (χ2n) is 4.90. The quantitative estimate of drug-likeness (QED) is 0.895. The summed E-state index contributed by atoms with van der Waals surface area (Å²) in [6.07, 6.45) is 4.25. The lowest BCUT2D eigenvalue weighted by Gasteiger charge is -2.35. The molecule has 2 nitrogen and oxygen atoms in total. The van der Waals surface area contributed by atoms with Crippen LogP contribution in [-0.2, 0) is 6.54 Å². The molecule has 1 saturated heterocycles. The topological polar surface area (TPSA) is 29.3 Å². The van der Waals surface area contributed by atoms with Crippen molar-refractivity contribution in [2.75, 3.05) is 13.1 Å². The highest BCUT2D eigenvalue weighted by atomic mass is 19.1. The molecule has 1 fully saturated rings. The zero-order valence-corrected chi connectivity index (χ0v) is 10.5. The lowest BCUT2D eigenvalue weighted by Crippen LogP contribution is -2.40. The van der Waals surface area contributed by atoms with Crippen molar-refractivity contribution in [1.82, 2.24) is 4.90 Å². The van der Waals surface area contributed by atoms with Crippen LogP contribution in [0.3, 0.4) is 0 Å². The van der Waals surface area contributed by atoms with Crippen LogP contribution in [0.1, 0.15) is 31.2 Å². The number of nitrogens with two attached hydrogens (primary N) is 1. The Hall–Kier alpha value is -1.00. The van der Waals surface area contributed by atoms with E-state index >= 15 is 0 Å². The van der Waals surface area contributed by atoms with E-state index in [1.54, 1.807) is 0 Å². The van der Waals surface area contributed by atoms with Gasteiger partial charge in [0.25, 0.3) is 0 Å². The summed E-state index contributed by atoms with van der Waals surface area (Å²) in [7, 11) is 0. The first-order chi connectivity index (χ1) is 8.72. The Labute approximate surface area is 107 Å². The van der Waals surface area contributed by atoms with Gasteiger partial charge in [-0.25, -0.2) is 8.78 Å². The number of likely N-dealkylation sites (tertiary alicyclic amines) is 1. The van der Waals surface area contributed by atoms with Crippen molar-refractivity contribution in [1.29, 1.82) is 0 Å². The number of halogens is 2. The molecule has 0 radical (unpaired) electrons. The maximum absolute atomic E-state index is 13.6. The molecular formula is C14H20F2N2. The first-order valence-corrected chi connectivity index (χ1v) is 6.59. The lowest BCUT2D eigenvalue weighted by atomic mass is 9.98. The Bertz CT molecular complexity index is 373. The van der Waals surface area contributed by atoms with Crippen LogP contribution < -0.4 is 5.73 Å². The van der Waals surface area contributed by atoms with Gasteiger partial charge in [-0.15, -0.1) is 0 Å². The van der Waals surface area contributed by atoms with E-state index < -0.39 is 11.6 Å². The van der Waals surface area contributed by atoms with Crippen molar-refractivity contribution in [2.24, 2.45) is 5.73 Å². The molecule has 0 saturated carbocycles. The van der Waals surface area contributed by atoms with Crippen LogP contribution in [0.5, 0.6) is 0 Å². The zero-order valence-electron chi connectivity index (χ0n) is 10.5. The first kappa shape index (κ1) is 13.4. The van der Waals surface area contributed by atoms with E-state index in [0.717, 1.165) is 25.8 Å². The average molecular weight is 254 g/mol. The molecule has 1 aromatic carbocycles. The summed E-state index contributed by atoms with van der Waals surface area (Å²) in [4.78, 5) is 2.16. The van der Waals surface area contributed by atoms with E-state index in [1.165, 1.54) is 24.6 Å². The first-order valence-electron chi connectivity index (χ1n) is 6.59. The summed E-state index contributed by atoms with van der Waals surface area (Å²) in [5.41, 5.74) is 5.78. The number of nitrogens with zero attached hydrogens (tertiary/aromatic N) is 1. The van der Waals surface area contributed by atoms with Gasteiger partial charge >= 0.3 is 0 Å². The van der Waals surface area contributed by atoms with Gasteiger partial charge in [0.05, 0.1) is 0 Å². The van der Waals surface area contributed by atoms with Crippen LogP contribution in [0.25, 0.3) is 0 Å². The zero-order chi connectivity index (χ0) is 13.0. The minimum absolute atomic E-state index is 0.182. The monoisotopic (exact) mass is 254 g/mol. The third-order valence-corrected chi connectivity index (χ3v) is 3.67. The normalized spacial score (nSPS) is 21.2. The lowest BCUT2D eigenvalue weighted by molar-refractivity contribution is 0.131. The molecule has 0 spiro atoms. The molecule has 18 heavy (non-hydrogen) atoms. The standard InChI is InChI=1S/C14H20F2N2/c15-13-5-3-6-14(16)12(13)10-18-9-2-1-4-11(18)7-8-17/h3,5-6,11H,1-2,4,7-10,17H2. The van der Waals surface area contributed by atoms with Crippen molar-refractivity contribution < 1.29 is 8.78 Å². The molecule has 1 heterocycles. The van der Waals surface area contributed by atoms with Crippen molar-refractivity contribution in [3.8, 4) is 0 Å². The number of hydrogen-bond donors (Lipinski definition) is 1. The highest BCUT2D eigenvalue weighted by molar-refractivity contribution is 5.19. The van der Waals surface area contributed by atoms with Gasteiger partial charge in [0, 0.05) is 18.2 Å². The fourth-order valence-corrected chi connectivity index (χ4v) is 2.67. The molecule has 100 valence electrons. The van der Waals surface area contributed by atoms with Gasteiger partial charge < -0.3 is 5.73 Å². The Morgan fingerprint density at radius 1 is 1.22 bits per heavy atom. The van der Waals surface area contributed by atoms with E-state index in [-0.39, 0.29) is 5.56 Å².